The Balaban J connectivity index is 1.54. The summed E-state index contributed by atoms with van der Waals surface area (Å²) in [5, 5.41) is 21.1. The van der Waals surface area contributed by atoms with Crippen LogP contribution in [0.1, 0.15) is 28.9 Å². The van der Waals surface area contributed by atoms with E-state index in [4.69, 9.17) is 5.11 Å². The van der Waals surface area contributed by atoms with E-state index >= 15 is 0 Å². The molecule has 0 saturated heterocycles. The van der Waals surface area contributed by atoms with Crippen LogP contribution in [0.3, 0.4) is 0 Å². The minimum absolute atomic E-state index is 0.146. The zero-order chi connectivity index (χ0) is 18.8. The van der Waals surface area contributed by atoms with E-state index in [2.05, 4.69) is 45.9 Å². The Morgan fingerprint density at radius 1 is 1.00 bits per heavy atom. The summed E-state index contributed by atoms with van der Waals surface area (Å²) < 4.78 is 0. The Morgan fingerprint density at radius 2 is 1.81 bits per heavy atom. The number of carboxylic acid groups (broad SMARTS) is 1. The number of aromatic carboxylic acids is 1. The van der Waals surface area contributed by atoms with Crippen molar-refractivity contribution in [3.05, 3.63) is 77.9 Å². The van der Waals surface area contributed by atoms with Crippen LogP contribution >= 0.6 is 11.8 Å². The number of azo groups is 1. The first-order valence-corrected chi connectivity index (χ1v) is 9.34. The molecule has 3 aromatic carbocycles. The molecule has 0 saturated carbocycles. The number of fused-ring (bicyclic) bond motifs is 2. The maximum absolute atomic E-state index is 11.1. The highest BCUT2D eigenvalue weighted by atomic mass is 32.2. The lowest BCUT2D eigenvalue weighted by Gasteiger charge is -2.21. The number of anilines is 2. The number of para-hydroxylation sites is 1. The Hall–Kier alpha value is -3.12. The summed E-state index contributed by atoms with van der Waals surface area (Å²) in [5.41, 5.74) is 3.94. The monoisotopic (exact) mass is 375 g/mol. The average molecular weight is 375 g/mol. The van der Waals surface area contributed by atoms with Crippen LogP contribution in [0.25, 0.3) is 0 Å². The Bertz CT molecular complexity index is 1050. The van der Waals surface area contributed by atoms with Gasteiger partial charge in [0, 0.05) is 9.79 Å². The van der Waals surface area contributed by atoms with Crippen LogP contribution in [0.2, 0.25) is 0 Å². The van der Waals surface area contributed by atoms with Crippen molar-refractivity contribution in [2.45, 2.75) is 22.8 Å². The van der Waals surface area contributed by atoms with Crippen molar-refractivity contribution < 1.29 is 9.90 Å². The number of nitrogens with zero attached hydrogens (tertiary/aromatic N) is 2. The van der Waals surface area contributed by atoms with Crippen LogP contribution in [0.15, 0.2) is 86.7 Å². The van der Waals surface area contributed by atoms with Gasteiger partial charge in [0.25, 0.3) is 0 Å². The quantitative estimate of drug-likeness (QED) is 0.403. The summed E-state index contributed by atoms with van der Waals surface area (Å²) in [6.45, 7) is 1.97. The average Bonchev–Trinajstić information content (AvgIpc) is 2.70. The number of carbonyl (C=O) groups is 1. The first kappa shape index (κ1) is 17.3. The number of carboxylic acids is 1. The molecule has 0 aliphatic carbocycles. The molecule has 27 heavy (non-hydrogen) atoms. The van der Waals surface area contributed by atoms with Gasteiger partial charge in [0.15, 0.2) is 0 Å². The van der Waals surface area contributed by atoms with Crippen LogP contribution in [-0.2, 0) is 0 Å². The molecule has 0 radical (unpaired) electrons. The lowest BCUT2D eigenvalue weighted by Crippen LogP contribution is -2.01. The predicted octanol–water partition coefficient (Wildman–Crippen LogP) is 6.44. The van der Waals surface area contributed by atoms with Crippen molar-refractivity contribution in [3.8, 4) is 0 Å². The normalized spacial score (nSPS) is 13.5. The standard InChI is InChI=1S/C21H17N3O2S/c1-13(23-24-16-6-4-5-15(11-16)21(25)26)14-9-10-20-18(12-14)22-17-7-2-3-8-19(17)27-20/h2-13,22H,1H3,(H,25,26). The third kappa shape index (κ3) is 3.71. The fraction of sp³-hybridized carbons (Fsp3) is 0.0952. The molecule has 5 nitrogen and oxygen atoms in total. The van der Waals surface area contributed by atoms with Crippen LogP contribution in [-0.4, -0.2) is 11.1 Å². The van der Waals surface area contributed by atoms with E-state index in [0.717, 1.165) is 16.9 Å². The molecule has 1 heterocycles. The van der Waals surface area contributed by atoms with Crippen LogP contribution in [0.5, 0.6) is 0 Å². The maximum atomic E-state index is 11.1. The summed E-state index contributed by atoms with van der Waals surface area (Å²) >= 11 is 1.75. The number of hydrogen-bond acceptors (Lipinski definition) is 5. The topological polar surface area (TPSA) is 74.0 Å². The van der Waals surface area contributed by atoms with Crippen molar-refractivity contribution in [3.63, 3.8) is 0 Å². The summed E-state index contributed by atoms with van der Waals surface area (Å²) in [6, 6.07) is 20.8. The molecule has 1 atom stereocenters. The first-order valence-electron chi connectivity index (χ1n) is 8.52. The minimum atomic E-state index is -0.973. The van der Waals surface area contributed by atoms with Gasteiger partial charge in [0.05, 0.1) is 28.7 Å². The molecule has 1 aliphatic heterocycles. The first-order chi connectivity index (χ1) is 13.1. The highest BCUT2D eigenvalue weighted by molar-refractivity contribution is 7.99. The molecule has 3 aromatic rings. The van der Waals surface area contributed by atoms with E-state index in [1.54, 1.807) is 23.9 Å². The van der Waals surface area contributed by atoms with E-state index in [1.807, 2.05) is 19.1 Å². The van der Waals surface area contributed by atoms with Gasteiger partial charge in [-0.1, -0.05) is 36.0 Å². The maximum Gasteiger partial charge on any atom is 0.335 e. The van der Waals surface area contributed by atoms with E-state index in [0.29, 0.717) is 5.69 Å². The molecule has 134 valence electrons. The Morgan fingerprint density at radius 3 is 2.67 bits per heavy atom. The van der Waals surface area contributed by atoms with Gasteiger partial charge >= 0.3 is 5.97 Å². The zero-order valence-corrected chi connectivity index (χ0v) is 15.4. The smallest absolute Gasteiger partial charge is 0.335 e. The molecule has 0 fully saturated rings. The second-order valence-corrected chi connectivity index (χ2v) is 7.31. The van der Waals surface area contributed by atoms with Gasteiger partial charge in [0.1, 0.15) is 0 Å². The number of rotatable bonds is 4. The summed E-state index contributed by atoms with van der Waals surface area (Å²) in [4.78, 5) is 13.4. The summed E-state index contributed by atoms with van der Waals surface area (Å²) in [6.07, 6.45) is 0. The molecule has 0 bridgehead atoms. The van der Waals surface area contributed by atoms with Crippen molar-refractivity contribution in [2.24, 2.45) is 10.2 Å². The molecule has 0 amide bonds. The highest BCUT2D eigenvalue weighted by Gasteiger charge is 2.16. The lowest BCUT2D eigenvalue weighted by atomic mass is 10.1. The Labute approximate surface area is 161 Å². The highest BCUT2D eigenvalue weighted by Crippen LogP contribution is 2.44. The molecule has 0 spiro atoms. The molecular formula is C21H17N3O2S. The van der Waals surface area contributed by atoms with Gasteiger partial charge in [0.2, 0.25) is 0 Å². The van der Waals surface area contributed by atoms with Gasteiger partial charge in [-0.15, -0.1) is 0 Å². The summed E-state index contributed by atoms with van der Waals surface area (Å²) in [5.74, 6) is -0.973. The number of hydrogen-bond donors (Lipinski definition) is 2. The van der Waals surface area contributed by atoms with Crippen LogP contribution < -0.4 is 5.32 Å². The van der Waals surface area contributed by atoms with E-state index in [9.17, 15) is 4.79 Å². The van der Waals surface area contributed by atoms with Gasteiger partial charge in [-0.05, 0) is 55.0 Å². The molecular weight excluding hydrogens is 358 g/mol. The van der Waals surface area contributed by atoms with E-state index in [1.165, 1.54) is 21.9 Å². The molecule has 2 N–H and O–H groups in total. The third-order valence-corrected chi connectivity index (χ3v) is 5.45. The van der Waals surface area contributed by atoms with E-state index in [-0.39, 0.29) is 11.6 Å². The zero-order valence-electron chi connectivity index (χ0n) is 14.6. The second-order valence-electron chi connectivity index (χ2n) is 6.23. The van der Waals surface area contributed by atoms with Crippen molar-refractivity contribution in [1.82, 2.24) is 0 Å². The number of nitrogens with one attached hydrogen (secondary N) is 1. The van der Waals surface area contributed by atoms with Gasteiger partial charge < -0.3 is 10.4 Å². The minimum Gasteiger partial charge on any atom is -0.478 e. The van der Waals surface area contributed by atoms with Crippen LogP contribution in [0.4, 0.5) is 17.1 Å². The van der Waals surface area contributed by atoms with Gasteiger partial charge in [-0.2, -0.15) is 10.2 Å². The van der Waals surface area contributed by atoms with E-state index < -0.39 is 5.97 Å². The molecule has 6 heteroatoms. The fourth-order valence-corrected chi connectivity index (χ4v) is 3.81. The van der Waals surface area contributed by atoms with Gasteiger partial charge in [-0.25, -0.2) is 4.79 Å². The predicted molar refractivity (Wildman–Crippen MR) is 107 cm³/mol. The summed E-state index contributed by atoms with van der Waals surface area (Å²) in [7, 11) is 0. The lowest BCUT2D eigenvalue weighted by molar-refractivity contribution is 0.0697. The van der Waals surface area contributed by atoms with Crippen molar-refractivity contribution in [2.75, 3.05) is 5.32 Å². The number of benzene rings is 3. The third-order valence-electron chi connectivity index (χ3n) is 4.30. The van der Waals surface area contributed by atoms with Crippen molar-refractivity contribution in [1.29, 1.82) is 0 Å². The molecule has 1 unspecified atom stereocenters. The van der Waals surface area contributed by atoms with Crippen LogP contribution in [0, 0.1) is 0 Å². The van der Waals surface area contributed by atoms with Gasteiger partial charge in [-0.3, -0.25) is 0 Å². The fourth-order valence-electron chi connectivity index (χ4n) is 2.84. The SMILES string of the molecule is CC(N=Nc1cccc(C(=O)O)c1)c1ccc2c(c1)Nc1ccccc1S2. The molecule has 0 aromatic heterocycles. The molecule has 1 aliphatic rings. The van der Waals surface area contributed by atoms with Crippen molar-refractivity contribution >= 4 is 34.8 Å². The molecule has 4 rings (SSSR count). The second kappa shape index (κ2) is 7.25. The Kier molecular flexibility index (Phi) is 4.64. The largest absolute Gasteiger partial charge is 0.478 e.